The van der Waals surface area contributed by atoms with Gasteiger partial charge in [-0.3, -0.25) is 0 Å². The number of urea groups is 1. The SMILES string of the molecule is O=C(NCCO)NC[C@H]1CC[C@@H]2[C@H](O1)c1cc(C(F)(F)F)ccc1N[C@H]2c1ccccc1. The third-order valence-corrected chi connectivity index (χ3v) is 6.02. The Morgan fingerprint density at radius 3 is 2.62 bits per heavy atom. The van der Waals surface area contributed by atoms with Crippen LogP contribution < -0.4 is 16.0 Å². The first-order valence-electron chi connectivity index (χ1n) is 10.7. The summed E-state index contributed by atoms with van der Waals surface area (Å²) in [5, 5.41) is 17.4. The van der Waals surface area contributed by atoms with Gasteiger partial charge in [0.1, 0.15) is 0 Å². The van der Waals surface area contributed by atoms with Crippen LogP contribution in [0.3, 0.4) is 0 Å². The predicted octanol–water partition coefficient (Wildman–Crippen LogP) is 4.00. The van der Waals surface area contributed by atoms with Crippen molar-refractivity contribution < 1.29 is 27.8 Å². The lowest BCUT2D eigenvalue weighted by atomic mass is 9.76. The number of hydrogen-bond acceptors (Lipinski definition) is 4. The Labute approximate surface area is 184 Å². The van der Waals surface area contributed by atoms with Crippen molar-refractivity contribution in [1.82, 2.24) is 10.6 Å². The molecule has 2 aliphatic rings. The molecule has 0 aromatic heterocycles. The van der Waals surface area contributed by atoms with Gasteiger partial charge < -0.3 is 25.8 Å². The van der Waals surface area contributed by atoms with Crippen molar-refractivity contribution in [3.63, 3.8) is 0 Å². The largest absolute Gasteiger partial charge is 0.416 e. The van der Waals surface area contributed by atoms with E-state index in [0.717, 1.165) is 18.1 Å². The summed E-state index contributed by atoms with van der Waals surface area (Å²) in [4.78, 5) is 11.8. The molecule has 4 N–H and O–H groups in total. The van der Waals surface area contributed by atoms with E-state index in [2.05, 4.69) is 16.0 Å². The summed E-state index contributed by atoms with van der Waals surface area (Å²) in [7, 11) is 0. The van der Waals surface area contributed by atoms with Gasteiger partial charge in [-0.2, -0.15) is 13.2 Å². The zero-order chi connectivity index (χ0) is 22.7. The second kappa shape index (κ2) is 9.38. The molecule has 4 atom stereocenters. The van der Waals surface area contributed by atoms with Crippen LogP contribution in [0, 0.1) is 5.92 Å². The third-order valence-electron chi connectivity index (χ3n) is 6.02. The molecule has 0 saturated carbocycles. The molecule has 0 spiro atoms. The molecule has 6 nitrogen and oxygen atoms in total. The fourth-order valence-electron chi connectivity index (χ4n) is 4.51. The molecule has 9 heteroatoms. The van der Waals surface area contributed by atoms with Crippen LogP contribution in [0.4, 0.5) is 23.7 Å². The molecule has 0 unspecified atom stereocenters. The van der Waals surface area contributed by atoms with Gasteiger partial charge in [-0.1, -0.05) is 30.3 Å². The number of aliphatic hydroxyl groups is 1. The van der Waals surface area contributed by atoms with E-state index in [1.54, 1.807) is 0 Å². The summed E-state index contributed by atoms with van der Waals surface area (Å²) in [5.41, 5.74) is 1.47. The molecule has 2 amide bonds. The van der Waals surface area contributed by atoms with Gasteiger partial charge in [0, 0.05) is 30.3 Å². The maximum absolute atomic E-state index is 13.4. The van der Waals surface area contributed by atoms with Crippen LogP contribution in [0.1, 0.15) is 41.7 Å². The number of ether oxygens (including phenoxy) is 1. The van der Waals surface area contributed by atoms with Gasteiger partial charge in [-0.25, -0.2) is 4.79 Å². The van der Waals surface area contributed by atoms with E-state index in [9.17, 15) is 18.0 Å². The van der Waals surface area contributed by atoms with Crippen LogP contribution in [0.25, 0.3) is 0 Å². The number of fused-ring (bicyclic) bond motifs is 3. The Morgan fingerprint density at radius 2 is 1.91 bits per heavy atom. The number of nitrogens with one attached hydrogen (secondary N) is 3. The second-order valence-corrected chi connectivity index (χ2v) is 8.11. The maximum Gasteiger partial charge on any atom is 0.416 e. The Hall–Kier alpha value is -2.78. The molecule has 0 aliphatic carbocycles. The van der Waals surface area contributed by atoms with Crippen LogP contribution in [-0.4, -0.2) is 36.9 Å². The summed E-state index contributed by atoms with van der Waals surface area (Å²) in [6.45, 7) is 0.210. The van der Waals surface area contributed by atoms with Gasteiger partial charge in [0.05, 0.1) is 30.4 Å². The molecule has 172 valence electrons. The summed E-state index contributed by atoms with van der Waals surface area (Å²) in [6.07, 6.45) is -3.90. The molecule has 0 bridgehead atoms. The van der Waals surface area contributed by atoms with E-state index >= 15 is 0 Å². The molecule has 0 radical (unpaired) electrons. The number of alkyl halides is 3. The highest BCUT2D eigenvalue weighted by Crippen LogP contribution is 2.51. The van der Waals surface area contributed by atoms with Gasteiger partial charge >= 0.3 is 12.2 Å². The van der Waals surface area contributed by atoms with Crippen LogP contribution in [0.5, 0.6) is 0 Å². The molecule has 1 saturated heterocycles. The lowest BCUT2D eigenvalue weighted by Crippen LogP contribution is -2.45. The van der Waals surface area contributed by atoms with E-state index in [1.165, 1.54) is 12.1 Å². The van der Waals surface area contributed by atoms with Gasteiger partial charge in [0.25, 0.3) is 0 Å². The van der Waals surface area contributed by atoms with Crippen molar-refractivity contribution in [2.75, 3.05) is 25.0 Å². The van der Waals surface area contributed by atoms with E-state index in [-0.39, 0.29) is 37.8 Å². The number of halogens is 3. The molecular weight excluding hydrogens is 423 g/mol. The first kappa shape index (κ1) is 22.4. The van der Waals surface area contributed by atoms with Crippen molar-refractivity contribution in [3.05, 3.63) is 65.2 Å². The molecular formula is C23H26F3N3O3. The smallest absolute Gasteiger partial charge is 0.395 e. The van der Waals surface area contributed by atoms with Crippen molar-refractivity contribution in [3.8, 4) is 0 Å². The standard InChI is InChI=1S/C23H26F3N3O3/c24-23(25,26)15-6-9-19-18(12-15)21-17(20(29-19)14-4-2-1-3-5-14)8-7-16(32-21)13-28-22(31)27-10-11-30/h1-6,9,12,16-17,20-21,29-30H,7-8,10-11,13H2,(H2,27,28,31)/t16-,17+,20+,21+/m1/s1. The van der Waals surface area contributed by atoms with Crippen LogP contribution in [0.2, 0.25) is 0 Å². The minimum absolute atomic E-state index is 0.0483. The Bertz CT molecular complexity index is 939. The minimum Gasteiger partial charge on any atom is -0.395 e. The number of anilines is 1. The molecule has 2 heterocycles. The first-order chi connectivity index (χ1) is 15.4. The minimum atomic E-state index is -4.44. The van der Waals surface area contributed by atoms with Crippen molar-refractivity contribution in [2.45, 2.75) is 37.3 Å². The quantitative estimate of drug-likeness (QED) is 0.556. The fraction of sp³-hybridized carbons (Fsp3) is 0.435. The van der Waals surface area contributed by atoms with Crippen molar-refractivity contribution >= 4 is 11.7 Å². The van der Waals surface area contributed by atoms with E-state index in [1.807, 2.05) is 30.3 Å². The summed E-state index contributed by atoms with van der Waals surface area (Å²) in [5.74, 6) is -0.0483. The highest BCUT2D eigenvalue weighted by atomic mass is 19.4. The fourth-order valence-corrected chi connectivity index (χ4v) is 4.51. The Morgan fingerprint density at radius 1 is 1.12 bits per heavy atom. The summed E-state index contributed by atoms with van der Waals surface area (Å²) in [6, 6.07) is 13.0. The van der Waals surface area contributed by atoms with Crippen molar-refractivity contribution in [1.29, 1.82) is 0 Å². The zero-order valence-electron chi connectivity index (χ0n) is 17.4. The van der Waals surface area contributed by atoms with Crippen LogP contribution in [-0.2, 0) is 10.9 Å². The monoisotopic (exact) mass is 449 g/mol. The van der Waals surface area contributed by atoms with E-state index in [0.29, 0.717) is 17.7 Å². The number of carbonyl (C=O) groups is 1. The normalized spacial score (nSPS) is 24.6. The van der Waals surface area contributed by atoms with Crippen molar-refractivity contribution in [2.24, 2.45) is 5.92 Å². The number of carbonyl (C=O) groups excluding carboxylic acids is 1. The van der Waals surface area contributed by atoms with Gasteiger partial charge in [-0.05, 0) is 36.6 Å². The lowest BCUT2D eigenvalue weighted by molar-refractivity contribution is -0.138. The highest BCUT2D eigenvalue weighted by molar-refractivity contribution is 5.73. The molecule has 2 aromatic carbocycles. The second-order valence-electron chi connectivity index (χ2n) is 8.11. The van der Waals surface area contributed by atoms with Crippen LogP contribution in [0.15, 0.2) is 48.5 Å². The summed E-state index contributed by atoms with van der Waals surface area (Å²) < 4.78 is 46.4. The van der Waals surface area contributed by atoms with Gasteiger partial charge in [-0.15, -0.1) is 0 Å². The molecule has 4 rings (SSSR count). The topological polar surface area (TPSA) is 82.6 Å². The molecule has 32 heavy (non-hydrogen) atoms. The first-order valence-corrected chi connectivity index (χ1v) is 10.7. The van der Waals surface area contributed by atoms with Gasteiger partial charge in [0.2, 0.25) is 0 Å². The molecule has 2 aliphatic heterocycles. The van der Waals surface area contributed by atoms with Gasteiger partial charge in [0.15, 0.2) is 0 Å². The maximum atomic E-state index is 13.4. The summed E-state index contributed by atoms with van der Waals surface area (Å²) >= 11 is 0. The molecule has 1 fully saturated rings. The average Bonchev–Trinajstić information content (AvgIpc) is 2.80. The Balaban J connectivity index is 1.59. The number of amides is 2. The number of hydrogen-bond donors (Lipinski definition) is 4. The van der Waals surface area contributed by atoms with Crippen LogP contribution >= 0.6 is 0 Å². The average molecular weight is 449 g/mol. The third kappa shape index (κ3) is 4.83. The zero-order valence-corrected chi connectivity index (χ0v) is 17.4. The predicted molar refractivity (Wildman–Crippen MR) is 113 cm³/mol. The van der Waals surface area contributed by atoms with E-state index < -0.39 is 23.9 Å². The number of rotatable bonds is 5. The van der Waals surface area contributed by atoms with E-state index in [4.69, 9.17) is 9.84 Å². The molecule has 2 aromatic rings. The highest BCUT2D eigenvalue weighted by Gasteiger charge is 2.43. The number of benzene rings is 2. The Kier molecular flexibility index (Phi) is 6.57. The number of aliphatic hydroxyl groups excluding tert-OH is 1. The lowest BCUT2D eigenvalue weighted by Gasteiger charge is -2.46.